The van der Waals surface area contributed by atoms with Crippen molar-refractivity contribution in [1.82, 2.24) is 20.0 Å². The van der Waals surface area contributed by atoms with Crippen LogP contribution in [0.4, 0.5) is 8.78 Å². The molecule has 4 rings (SSSR count). The van der Waals surface area contributed by atoms with Gasteiger partial charge in [-0.1, -0.05) is 12.8 Å². The Bertz CT molecular complexity index is 618. The maximum absolute atomic E-state index is 13.0. The molecule has 2 saturated carbocycles. The van der Waals surface area contributed by atoms with Crippen LogP contribution >= 0.6 is 0 Å². The van der Waals surface area contributed by atoms with Crippen molar-refractivity contribution in [2.75, 3.05) is 13.1 Å². The largest absolute Gasteiger partial charge is 0.355 e. The van der Waals surface area contributed by atoms with Gasteiger partial charge in [-0.3, -0.25) is 14.4 Å². The van der Waals surface area contributed by atoms with E-state index in [-0.39, 0.29) is 24.7 Å². The molecular weight excluding hydrogens is 326 g/mol. The average Bonchev–Trinajstić information content (AvgIpc) is 3.19. The number of hydrogen-bond donors (Lipinski definition) is 1. The third kappa shape index (κ3) is 3.71. The first-order valence-electron chi connectivity index (χ1n) is 9.40. The smallest absolute Gasteiger partial charge is 0.249 e. The van der Waals surface area contributed by atoms with Gasteiger partial charge in [0, 0.05) is 63.1 Å². The molecule has 1 amide bonds. The lowest BCUT2D eigenvalue weighted by Crippen LogP contribution is -2.47. The van der Waals surface area contributed by atoms with E-state index in [0.717, 1.165) is 19.6 Å². The molecule has 0 radical (unpaired) electrons. The monoisotopic (exact) mass is 352 g/mol. The van der Waals surface area contributed by atoms with E-state index in [1.807, 2.05) is 10.9 Å². The van der Waals surface area contributed by atoms with Crippen LogP contribution < -0.4 is 5.32 Å². The lowest BCUT2D eigenvalue weighted by atomic mass is 9.80. The summed E-state index contributed by atoms with van der Waals surface area (Å²) in [5.74, 6) is -3.13. The van der Waals surface area contributed by atoms with Crippen molar-refractivity contribution in [2.24, 2.45) is 11.8 Å². The molecule has 1 aliphatic heterocycles. The number of fused-ring (bicyclic) bond motifs is 1. The van der Waals surface area contributed by atoms with Crippen LogP contribution in [0.15, 0.2) is 12.3 Å². The zero-order valence-electron chi connectivity index (χ0n) is 14.5. The molecule has 25 heavy (non-hydrogen) atoms. The number of carbonyl (C=O) groups is 1. The maximum Gasteiger partial charge on any atom is 0.249 e. The molecule has 0 saturated heterocycles. The number of nitrogens with zero attached hydrogens (tertiary/aromatic N) is 3. The third-order valence-corrected chi connectivity index (χ3v) is 5.96. The Labute approximate surface area is 146 Å². The topological polar surface area (TPSA) is 50.2 Å². The second-order valence-corrected chi connectivity index (χ2v) is 7.94. The number of aromatic nitrogens is 2. The molecule has 0 spiro atoms. The Balaban J connectivity index is 1.37. The first-order chi connectivity index (χ1) is 12.0. The van der Waals surface area contributed by atoms with E-state index >= 15 is 0 Å². The fraction of sp³-hybridized carbons (Fsp3) is 0.778. The van der Waals surface area contributed by atoms with Crippen molar-refractivity contribution in [3.8, 4) is 0 Å². The minimum atomic E-state index is -2.65. The normalized spacial score (nSPS) is 27.5. The molecule has 1 atom stereocenters. The Morgan fingerprint density at radius 3 is 2.76 bits per heavy atom. The number of alkyl halides is 2. The summed E-state index contributed by atoms with van der Waals surface area (Å²) >= 11 is 0. The quantitative estimate of drug-likeness (QED) is 0.905. The third-order valence-electron chi connectivity index (χ3n) is 5.96. The molecule has 1 aromatic rings. The maximum atomic E-state index is 13.0. The summed E-state index contributed by atoms with van der Waals surface area (Å²) in [6, 6.07) is 2.68. The predicted octanol–water partition coefficient (Wildman–Crippen LogP) is 2.42. The van der Waals surface area contributed by atoms with E-state index < -0.39 is 11.8 Å². The van der Waals surface area contributed by atoms with Crippen LogP contribution in [0.5, 0.6) is 0 Å². The Morgan fingerprint density at radius 2 is 2.04 bits per heavy atom. The van der Waals surface area contributed by atoms with Gasteiger partial charge in [0.1, 0.15) is 0 Å². The van der Waals surface area contributed by atoms with E-state index in [9.17, 15) is 13.6 Å². The Kier molecular flexibility index (Phi) is 4.52. The van der Waals surface area contributed by atoms with Gasteiger partial charge in [0.25, 0.3) is 0 Å². The molecule has 1 unspecified atom stereocenters. The second-order valence-electron chi connectivity index (χ2n) is 7.94. The summed E-state index contributed by atoms with van der Waals surface area (Å²) in [4.78, 5) is 14.6. The van der Waals surface area contributed by atoms with Crippen LogP contribution in [0.1, 0.15) is 44.2 Å². The van der Waals surface area contributed by atoms with Gasteiger partial charge in [-0.05, 0) is 18.9 Å². The van der Waals surface area contributed by atoms with Crippen molar-refractivity contribution >= 4 is 5.91 Å². The Morgan fingerprint density at radius 1 is 1.28 bits per heavy atom. The van der Waals surface area contributed by atoms with Gasteiger partial charge in [-0.15, -0.1) is 0 Å². The van der Waals surface area contributed by atoms with Crippen molar-refractivity contribution in [1.29, 1.82) is 0 Å². The van der Waals surface area contributed by atoms with Gasteiger partial charge < -0.3 is 5.32 Å². The molecule has 2 fully saturated rings. The SMILES string of the molecule is O=C(NCC1CN(C2CCCC2)Cc2ccnn2C1)C1CC(F)(F)C1. The summed E-state index contributed by atoms with van der Waals surface area (Å²) in [5.41, 5.74) is 1.22. The van der Waals surface area contributed by atoms with Gasteiger partial charge in [0.15, 0.2) is 0 Å². The number of nitrogens with one attached hydrogen (secondary N) is 1. The molecule has 5 nitrogen and oxygen atoms in total. The van der Waals surface area contributed by atoms with Crippen molar-refractivity contribution in [3.63, 3.8) is 0 Å². The van der Waals surface area contributed by atoms with Gasteiger partial charge in [0.2, 0.25) is 11.8 Å². The van der Waals surface area contributed by atoms with E-state index in [4.69, 9.17) is 0 Å². The summed E-state index contributed by atoms with van der Waals surface area (Å²) in [5, 5.41) is 7.33. The summed E-state index contributed by atoms with van der Waals surface area (Å²) < 4.78 is 27.9. The zero-order chi connectivity index (χ0) is 17.4. The van der Waals surface area contributed by atoms with Crippen LogP contribution in [0.25, 0.3) is 0 Å². The van der Waals surface area contributed by atoms with E-state index in [0.29, 0.717) is 12.6 Å². The average molecular weight is 352 g/mol. The molecule has 0 bridgehead atoms. The highest BCUT2D eigenvalue weighted by atomic mass is 19.3. The minimum absolute atomic E-state index is 0.219. The second kappa shape index (κ2) is 6.67. The minimum Gasteiger partial charge on any atom is -0.355 e. The van der Waals surface area contributed by atoms with E-state index in [2.05, 4.69) is 21.4 Å². The fourth-order valence-corrected chi connectivity index (χ4v) is 4.48. The molecule has 3 aliphatic rings. The molecular formula is C18H26F2N4O. The molecule has 2 aliphatic carbocycles. The number of rotatable bonds is 4. The number of hydrogen-bond acceptors (Lipinski definition) is 3. The number of halogens is 2. The van der Waals surface area contributed by atoms with Crippen LogP contribution in [0, 0.1) is 11.8 Å². The van der Waals surface area contributed by atoms with Crippen LogP contribution in [-0.2, 0) is 17.9 Å². The molecule has 1 aromatic heterocycles. The van der Waals surface area contributed by atoms with Crippen molar-refractivity contribution in [3.05, 3.63) is 18.0 Å². The lowest BCUT2D eigenvalue weighted by molar-refractivity contribution is -0.150. The van der Waals surface area contributed by atoms with Crippen LogP contribution in [0.2, 0.25) is 0 Å². The highest BCUT2D eigenvalue weighted by molar-refractivity contribution is 5.79. The molecule has 0 aromatic carbocycles. The van der Waals surface area contributed by atoms with Crippen molar-refractivity contribution in [2.45, 2.75) is 63.6 Å². The van der Waals surface area contributed by atoms with E-state index in [1.165, 1.54) is 31.4 Å². The van der Waals surface area contributed by atoms with Gasteiger partial charge in [-0.2, -0.15) is 5.10 Å². The van der Waals surface area contributed by atoms with E-state index in [1.54, 1.807) is 0 Å². The highest BCUT2D eigenvalue weighted by Crippen LogP contribution is 2.42. The molecule has 138 valence electrons. The van der Waals surface area contributed by atoms with Crippen molar-refractivity contribution < 1.29 is 13.6 Å². The lowest BCUT2D eigenvalue weighted by Gasteiger charge is -2.34. The molecule has 2 heterocycles. The van der Waals surface area contributed by atoms with Crippen LogP contribution in [0.3, 0.4) is 0 Å². The summed E-state index contributed by atoms with van der Waals surface area (Å²) in [7, 11) is 0. The van der Waals surface area contributed by atoms with Crippen LogP contribution in [-0.4, -0.2) is 45.6 Å². The fourth-order valence-electron chi connectivity index (χ4n) is 4.48. The zero-order valence-corrected chi connectivity index (χ0v) is 14.5. The standard InChI is InChI=1S/C18H26F2N4O/c19-18(20)7-14(8-18)17(25)21-9-13-10-23(15-3-1-2-4-15)12-16-5-6-22-24(16)11-13/h5-6,13-15H,1-4,7-12H2,(H,21,25). The van der Waals surface area contributed by atoms with Gasteiger partial charge in [-0.25, -0.2) is 8.78 Å². The number of amides is 1. The van der Waals surface area contributed by atoms with Gasteiger partial charge in [0.05, 0.1) is 5.69 Å². The first-order valence-corrected chi connectivity index (χ1v) is 9.40. The Hall–Kier alpha value is -1.50. The summed E-state index contributed by atoms with van der Waals surface area (Å²) in [6.07, 6.45) is 6.28. The first kappa shape index (κ1) is 16.9. The molecule has 1 N–H and O–H groups in total. The number of carbonyl (C=O) groups excluding carboxylic acids is 1. The highest BCUT2D eigenvalue weighted by Gasteiger charge is 2.48. The molecule has 7 heteroatoms. The van der Waals surface area contributed by atoms with Gasteiger partial charge >= 0.3 is 0 Å². The summed E-state index contributed by atoms with van der Waals surface area (Å²) in [6.45, 7) is 3.13. The predicted molar refractivity (Wildman–Crippen MR) is 89.1 cm³/mol.